The van der Waals surface area contributed by atoms with E-state index in [9.17, 15) is 4.79 Å². The Hall–Kier alpha value is -1.88. The van der Waals surface area contributed by atoms with E-state index in [1.54, 1.807) is 0 Å². The molecule has 0 bridgehead atoms. The third-order valence-electron chi connectivity index (χ3n) is 2.52. The van der Waals surface area contributed by atoms with E-state index in [1.807, 2.05) is 32.0 Å². The molecule has 2 aromatic rings. The fourth-order valence-corrected chi connectivity index (χ4v) is 1.52. The van der Waals surface area contributed by atoms with Crippen LogP contribution < -0.4 is 11.1 Å². The summed E-state index contributed by atoms with van der Waals surface area (Å²) in [5.74, 6) is 0.710. The van der Waals surface area contributed by atoms with Crippen LogP contribution in [0.25, 0.3) is 11.0 Å². The number of nitrogens with zero attached hydrogens (tertiary/aromatic N) is 1. The molecular formula is C12H16N4O. The monoisotopic (exact) mass is 232 g/mol. The predicted octanol–water partition coefficient (Wildman–Crippen LogP) is 1.62. The number of amides is 1. The molecule has 1 aromatic carbocycles. The van der Waals surface area contributed by atoms with E-state index in [2.05, 4.69) is 15.3 Å². The normalized spacial score (nSPS) is 11.1. The number of imidazole rings is 1. The van der Waals surface area contributed by atoms with Crippen molar-refractivity contribution >= 4 is 22.6 Å². The minimum absolute atomic E-state index is 0.00270. The highest BCUT2D eigenvalue weighted by Gasteiger charge is 2.08. The van der Waals surface area contributed by atoms with Crippen LogP contribution in [-0.4, -0.2) is 15.9 Å². The van der Waals surface area contributed by atoms with E-state index in [4.69, 9.17) is 5.73 Å². The molecule has 0 aliphatic carbocycles. The molecule has 2 rings (SSSR count). The smallest absolute Gasteiger partial charge is 0.226 e. The van der Waals surface area contributed by atoms with Gasteiger partial charge in [-0.15, -0.1) is 0 Å². The van der Waals surface area contributed by atoms with Gasteiger partial charge in [0.15, 0.2) is 0 Å². The Labute approximate surface area is 99.4 Å². The molecule has 0 aliphatic heterocycles. The number of benzene rings is 1. The lowest BCUT2D eigenvalue weighted by molar-refractivity contribution is -0.118. The van der Waals surface area contributed by atoms with Gasteiger partial charge in [0, 0.05) is 11.6 Å². The molecule has 90 valence electrons. The average molecular weight is 232 g/mol. The number of carbonyl (C=O) groups excluding carboxylic acids is 1. The summed E-state index contributed by atoms with van der Waals surface area (Å²) in [5, 5.41) is 2.84. The van der Waals surface area contributed by atoms with Crippen LogP contribution in [0.3, 0.4) is 0 Å². The molecule has 1 aromatic heterocycles. The van der Waals surface area contributed by atoms with E-state index in [0.717, 1.165) is 22.5 Å². The second kappa shape index (κ2) is 4.55. The zero-order chi connectivity index (χ0) is 12.4. The van der Waals surface area contributed by atoms with Gasteiger partial charge in [0.25, 0.3) is 0 Å². The van der Waals surface area contributed by atoms with Gasteiger partial charge in [-0.2, -0.15) is 0 Å². The molecule has 0 radical (unpaired) electrons. The number of anilines is 1. The largest absolute Gasteiger partial charge is 0.341 e. The molecule has 1 heterocycles. The van der Waals surface area contributed by atoms with Crippen LogP contribution in [-0.2, 0) is 11.3 Å². The number of H-pyrrole nitrogens is 1. The number of fused-ring (bicyclic) bond motifs is 1. The second-order valence-electron chi connectivity index (χ2n) is 4.26. The number of hydrogen-bond acceptors (Lipinski definition) is 3. The summed E-state index contributed by atoms with van der Waals surface area (Å²) in [6.45, 7) is 4.09. The molecule has 0 unspecified atom stereocenters. The molecule has 5 nitrogen and oxygen atoms in total. The van der Waals surface area contributed by atoms with Gasteiger partial charge in [0.2, 0.25) is 5.91 Å². The van der Waals surface area contributed by atoms with Crippen LogP contribution >= 0.6 is 0 Å². The summed E-state index contributed by atoms with van der Waals surface area (Å²) in [5.41, 5.74) is 8.01. The first-order valence-electron chi connectivity index (χ1n) is 5.59. The maximum absolute atomic E-state index is 11.6. The molecule has 17 heavy (non-hydrogen) atoms. The zero-order valence-electron chi connectivity index (χ0n) is 9.95. The third kappa shape index (κ3) is 2.45. The number of aromatic nitrogens is 2. The quantitative estimate of drug-likeness (QED) is 0.751. The summed E-state index contributed by atoms with van der Waals surface area (Å²) in [4.78, 5) is 18.9. The first-order valence-corrected chi connectivity index (χ1v) is 5.59. The molecule has 1 amide bonds. The van der Waals surface area contributed by atoms with Gasteiger partial charge in [0.05, 0.1) is 17.6 Å². The summed E-state index contributed by atoms with van der Waals surface area (Å²) in [6.07, 6.45) is 0. The number of aromatic amines is 1. The molecule has 5 heteroatoms. The summed E-state index contributed by atoms with van der Waals surface area (Å²) < 4.78 is 0. The molecule has 0 saturated heterocycles. The Kier molecular flexibility index (Phi) is 3.10. The predicted molar refractivity (Wildman–Crippen MR) is 67.5 cm³/mol. The fraction of sp³-hybridized carbons (Fsp3) is 0.333. The van der Waals surface area contributed by atoms with Crippen molar-refractivity contribution in [3.63, 3.8) is 0 Å². The SMILES string of the molecule is CC(C)C(=O)Nc1ccc2nc(CN)[nH]c2c1. The van der Waals surface area contributed by atoms with Crippen molar-refractivity contribution < 1.29 is 4.79 Å². The number of nitrogens with two attached hydrogens (primary N) is 1. The van der Waals surface area contributed by atoms with Crippen LogP contribution in [0.4, 0.5) is 5.69 Å². The summed E-state index contributed by atoms with van der Waals surface area (Å²) >= 11 is 0. The first kappa shape index (κ1) is 11.6. The van der Waals surface area contributed by atoms with Crippen LogP contribution in [0.5, 0.6) is 0 Å². The second-order valence-corrected chi connectivity index (χ2v) is 4.26. The highest BCUT2D eigenvalue weighted by Crippen LogP contribution is 2.17. The maximum atomic E-state index is 11.6. The van der Waals surface area contributed by atoms with Crippen molar-refractivity contribution in [2.45, 2.75) is 20.4 Å². The Morgan fingerprint density at radius 1 is 1.53 bits per heavy atom. The minimum atomic E-state index is -0.0351. The van der Waals surface area contributed by atoms with Crippen molar-refractivity contribution in [1.82, 2.24) is 9.97 Å². The Morgan fingerprint density at radius 2 is 2.29 bits per heavy atom. The average Bonchev–Trinajstić information content (AvgIpc) is 2.70. The first-order chi connectivity index (χ1) is 8.10. The van der Waals surface area contributed by atoms with Crippen LogP contribution in [0, 0.1) is 5.92 Å². The van der Waals surface area contributed by atoms with Crippen molar-refractivity contribution in [1.29, 1.82) is 0 Å². The van der Waals surface area contributed by atoms with Crippen LogP contribution in [0.15, 0.2) is 18.2 Å². The van der Waals surface area contributed by atoms with E-state index < -0.39 is 0 Å². The maximum Gasteiger partial charge on any atom is 0.226 e. The van der Waals surface area contributed by atoms with Gasteiger partial charge in [-0.1, -0.05) is 13.8 Å². The Balaban J connectivity index is 2.28. The van der Waals surface area contributed by atoms with E-state index >= 15 is 0 Å². The number of hydrogen-bond donors (Lipinski definition) is 3. The van der Waals surface area contributed by atoms with Gasteiger partial charge >= 0.3 is 0 Å². The Morgan fingerprint density at radius 3 is 2.94 bits per heavy atom. The standard InChI is InChI=1S/C12H16N4O/c1-7(2)12(17)14-8-3-4-9-10(5-8)16-11(6-13)15-9/h3-5,7H,6,13H2,1-2H3,(H,14,17)(H,15,16). The third-order valence-corrected chi connectivity index (χ3v) is 2.52. The molecule has 0 spiro atoms. The van der Waals surface area contributed by atoms with Gasteiger partial charge in [0.1, 0.15) is 5.82 Å². The molecule has 4 N–H and O–H groups in total. The lowest BCUT2D eigenvalue weighted by Crippen LogP contribution is -2.17. The lowest BCUT2D eigenvalue weighted by atomic mass is 10.2. The zero-order valence-corrected chi connectivity index (χ0v) is 9.95. The van der Waals surface area contributed by atoms with E-state index in [-0.39, 0.29) is 11.8 Å². The highest BCUT2D eigenvalue weighted by molar-refractivity contribution is 5.94. The number of nitrogens with one attached hydrogen (secondary N) is 2. The molecule has 0 atom stereocenters. The summed E-state index contributed by atoms with van der Waals surface area (Å²) in [6, 6.07) is 5.56. The minimum Gasteiger partial charge on any atom is -0.341 e. The highest BCUT2D eigenvalue weighted by atomic mass is 16.1. The molecular weight excluding hydrogens is 216 g/mol. The van der Waals surface area contributed by atoms with Gasteiger partial charge in [-0.05, 0) is 18.2 Å². The van der Waals surface area contributed by atoms with Crippen molar-refractivity contribution in [3.05, 3.63) is 24.0 Å². The summed E-state index contributed by atoms with van der Waals surface area (Å²) in [7, 11) is 0. The van der Waals surface area contributed by atoms with Gasteiger partial charge in [-0.3, -0.25) is 4.79 Å². The molecule has 0 saturated carbocycles. The van der Waals surface area contributed by atoms with Gasteiger partial charge < -0.3 is 16.0 Å². The lowest BCUT2D eigenvalue weighted by Gasteiger charge is -2.07. The molecule has 0 fully saturated rings. The van der Waals surface area contributed by atoms with E-state index in [0.29, 0.717) is 6.54 Å². The van der Waals surface area contributed by atoms with Crippen molar-refractivity contribution in [2.75, 3.05) is 5.32 Å². The van der Waals surface area contributed by atoms with Crippen molar-refractivity contribution in [3.8, 4) is 0 Å². The van der Waals surface area contributed by atoms with Crippen LogP contribution in [0.2, 0.25) is 0 Å². The Bertz CT molecular complexity index is 544. The fourth-order valence-electron chi connectivity index (χ4n) is 1.52. The van der Waals surface area contributed by atoms with Crippen molar-refractivity contribution in [2.24, 2.45) is 11.7 Å². The van der Waals surface area contributed by atoms with E-state index in [1.165, 1.54) is 0 Å². The topological polar surface area (TPSA) is 83.8 Å². The van der Waals surface area contributed by atoms with Gasteiger partial charge in [-0.25, -0.2) is 4.98 Å². The number of rotatable bonds is 3. The van der Waals surface area contributed by atoms with Crippen LogP contribution in [0.1, 0.15) is 19.7 Å². The molecule has 0 aliphatic rings. The number of carbonyl (C=O) groups is 1.